The van der Waals surface area contributed by atoms with Crippen LogP contribution in [0.25, 0.3) is 0 Å². The second-order valence-electron chi connectivity index (χ2n) is 6.25. The molecule has 1 saturated heterocycles. The molecule has 0 aromatic heterocycles. The van der Waals surface area contributed by atoms with Gasteiger partial charge in [0.15, 0.2) is 0 Å². The maximum atomic E-state index is 2.59. The van der Waals surface area contributed by atoms with Crippen LogP contribution in [0.5, 0.6) is 0 Å². The van der Waals surface area contributed by atoms with Crippen LogP contribution < -0.4 is 0 Å². The van der Waals surface area contributed by atoms with E-state index in [9.17, 15) is 0 Å². The van der Waals surface area contributed by atoms with E-state index < -0.39 is 0 Å². The van der Waals surface area contributed by atoms with Crippen molar-refractivity contribution in [1.29, 1.82) is 0 Å². The van der Waals surface area contributed by atoms with Crippen LogP contribution >= 0.6 is 0 Å². The van der Waals surface area contributed by atoms with Gasteiger partial charge in [0.25, 0.3) is 0 Å². The van der Waals surface area contributed by atoms with Gasteiger partial charge in [-0.15, -0.1) is 0 Å². The Balaban J connectivity index is 1.96. The Morgan fingerprint density at radius 3 is 2.47 bits per heavy atom. The molecular formula is C16H25N. The first-order chi connectivity index (χ1) is 8.05. The van der Waals surface area contributed by atoms with Crippen LogP contribution in [0.2, 0.25) is 0 Å². The third-order valence-corrected chi connectivity index (χ3v) is 3.71. The zero-order chi connectivity index (χ0) is 12.3. The van der Waals surface area contributed by atoms with Crippen LogP contribution in [-0.4, -0.2) is 24.5 Å². The maximum Gasteiger partial charge on any atom is 0.00218 e. The Morgan fingerprint density at radius 2 is 1.82 bits per heavy atom. The molecule has 0 saturated carbocycles. The summed E-state index contributed by atoms with van der Waals surface area (Å²) in [6.07, 6.45) is 3.98. The highest BCUT2D eigenvalue weighted by Gasteiger charge is 2.14. The minimum atomic E-state index is 0.268. The van der Waals surface area contributed by atoms with Crippen molar-refractivity contribution >= 4 is 0 Å². The lowest BCUT2D eigenvalue weighted by molar-refractivity contribution is 0.343. The number of hydrogen-bond donors (Lipinski definition) is 0. The number of hydrogen-bond acceptors (Lipinski definition) is 1. The molecule has 0 aliphatic carbocycles. The molecule has 1 aliphatic rings. The third kappa shape index (κ3) is 3.57. The summed E-state index contributed by atoms with van der Waals surface area (Å²) in [6.45, 7) is 10.7. The second-order valence-corrected chi connectivity index (χ2v) is 6.25. The standard InChI is InChI=1S/C16H25N/c1-16(2,3)15-8-6-7-14(13-15)9-12-17-10-4-5-11-17/h6-8,13H,4-5,9-12H2,1-3H3. The van der Waals surface area contributed by atoms with Gasteiger partial charge in [0.2, 0.25) is 0 Å². The summed E-state index contributed by atoms with van der Waals surface area (Å²) in [6, 6.07) is 9.11. The van der Waals surface area contributed by atoms with Gasteiger partial charge in [0.1, 0.15) is 0 Å². The second kappa shape index (κ2) is 5.22. The van der Waals surface area contributed by atoms with Gasteiger partial charge in [-0.05, 0) is 48.9 Å². The van der Waals surface area contributed by atoms with E-state index in [0.29, 0.717) is 0 Å². The summed E-state index contributed by atoms with van der Waals surface area (Å²) in [5, 5.41) is 0. The Morgan fingerprint density at radius 1 is 1.12 bits per heavy atom. The van der Waals surface area contributed by atoms with Crippen molar-refractivity contribution in [2.24, 2.45) is 0 Å². The van der Waals surface area contributed by atoms with Gasteiger partial charge >= 0.3 is 0 Å². The van der Waals surface area contributed by atoms with E-state index in [1.54, 1.807) is 0 Å². The van der Waals surface area contributed by atoms with Crippen LogP contribution in [0.15, 0.2) is 24.3 Å². The first-order valence-electron chi connectivity index (χ1n) is 6.87. The number of benzene rings is 1. The Labute approximate surface area is 106 Å². The molecule has 1 fully saturated rings. The van der Waals surface area contributed by atoms with Gasteiger partial charge in [0.05, 0.1) is 0 Å². The molecule has 1 aliphatic heterocycles. The molecule has 0 radical (unpaired) electrons. The van der Waals surface area contributed by atoms with Crippen molar-refractivity contribution in [3.05, 3.63) is 35.4 Å². The van der Waals surface area contributed by atoms with Gasteiger partial charge < -0.3 is 4.90 Å². The number of rotatable bonds is 3. The number of likely N-dealkylation sites (tertiary alicyclic amines) is 1. The van der Waals surface area contributed by atoms with Crippen molar-refractivity contribution < 1.29 is 0 Å². The summed E-state index contributed by atoms with van der Waals surface area (Å²) in [5.74, 6) is 0. The Hall–Kier alpha value is -0.820. The summed E-state index contributed by atoms with van der Waals surface area (Å²) >= 11 is 0. The first kappa shape index (κ1) is 12.6. The Bertz CT molecular complexity index is 356. The predicted octanol–water partition coefficient (Wildman–Crippen LogP) is 3.62. The van der Waals surface area contributed by atoms with E-state index in [1.807, 2.05) is 0 Å². The van der Waals surface area contributed by atoms with Crippen LogP contribution in [0.3, 0.4) is 0 Å². The molecule has 1 heterocycles. The molecule has 0 unspecified atom stereocenters. The molecule has 0 bridgehead atoms. The number of nitrogens with zero attached hydrogens (tertiary/aromatic N) is 1. The highest BCUT2D eigenvalue weighted by molar-refractivity contribution is 5.28. The van der Waals surface area contributed by atoms with Crippen LogP contribution in [0, 0.1) is 0 Å². The van der Waals surface area contributed by atoms with Gasteiger partial charge in [0, 0.05) is 6.54 Å². The third-order valence-electron chi connectivity index (χ3n) is 3.71. The molecule has 0 atom stereocenters. The summed E-state index contributed by atoms with van der Waals surface area (Å²) in [5.41, 5.74) is 3.21. The predicted molar refractivity (Wildman–Crippen MR) is 74.5 cm³/mol. The molecule has 2 rings (SSSR count). The van der Waals surface area contributed by atoms with Gasteiger partial charge in [-0.1, -0.05) is 45.0 Å². The van der Waals surface area contributed by atoms with E-state index >= 15 is 0 Å². The van der Waals surface area contributed by atoms with Crippen LogP contribution in [0.4, 0.5) is 0 Å². The molecule has 0 amide bonds. The van der Waals surface area contributed by atoms with Crippen molar-refractivity contribution in [2.45, 2.75) is 45.4 Å². The molecule has 1 aromatic carbocycles. The summed E-state index contributed by atoms with van der Waals surface area (Å²) in [7, 11) is 0. The molecule has 17 heavy (non-hydrogen) atoms. The van der Waals surface area contributed by atoms with E-state index in [-0.39, 0.29) is 5.41 Å². The van der Waals surface area contributed by atoms with Crippen molar-refractivity contribution in [3.63, 3.8) is 0 Å². The van der Waals surface area contributed by atoms with E-state index in [0.717, 1.165) is 0 Å². The summed E-state index contributed by atoms with van der Waals surface area (Å²) < 4.78 is 0. The zero-order valence-electron chi connectivity index (χ0n) is 11.5. The molecular weight excluding hydrogens is 206 g/mol. The highest BCUT2D eigenvalue weighted by Crippen LogP contribution is 2.23. The monoisotopic (exact) mass is 231 g/mol. The molecule has 1 nitrogen and oxygen atoms in total. The molecule has 1 aromatic rings. The molecule has 94 valence electrons. The average Bonchev–Trinajstić information content (AvgIpc) is 2.78. The topological polar surface area (TPSA) is 3.24 Å². The van der Waals surface area contributed by atoms with Gasteiger partial charge in [-0.3, -0.25) is 0 Å². The van der Waals surface area contributed by atoms with E-state index in [1.165, 1.54) is 50.0 Å². The smallest absolute Gasteiger partial charge is 0.00218 e. The quantitative estimate of drug-likeness (QED) is 0.768. The SMILES string of the molecule is CC(C)(C)c1cccc(CCN2CCCC2)c1. The largest absolute Gasteiger partial charge is 0.303 e. The Kier molecular flexibility index (Phi) is 3.88. The minimum Gasteiger partial charge on any atom is -0.303 e. The van der Waals surface area contributed by atoms with Crippen molar-refractivity contribution in [2.75, 3.05) is 19.6 Å². The normalized spacial score (nSPS) is 17.6. The van der Waals surface area contributed by atoms with Crippen LogP contribution in [0.1, 0.15) is 44.7 Å². The minimum absolute atomic E-state index is 0.268. The van der Waals surface area contributed by atoms with Crippen molar-refractivity contribution in [3.8, 4) is 0 Å². The summed E-state index contributed by atoms with van der Waals surface area (Å²) in [4.78, 5) is 2.59. The lowest BCUT2D eigenvalue weighted by Crippen LogP contribution is -2.22. The zero-order valence-corrected chi connectivity index (χ0v) is 11.5. The van der Waals surface area contributed by atoms with E-state index in [4.69, 9.17) is 0 Å². The van der Waals surface area contributed by atoms with Gasteiger partial charge in [-0.25, -0.2) is 0 Å². The lowest BCUT2D eigenvalue weighted by atomic mass is 9.86. The van der Waals surface area contributed by atoms with Crippen LogP contribution in [-0.2, 0) is 11.8 Å². The molecule has 1 heteroatoms. The first-order valence-corrected chi connectivity index (χ1v) is 6.87. The average molecular weight is 231 g/mol. The van der Waals surface area contributed by atoms with E-state index in [2.05, 4.69) is 49.9 Å². The van der Waals surface area contributed by atoms with Gasteiger partial charge in [-0.2, -0.15) is 0 Å². The fourth-order valence-corrected chi connectivity index (χ4v) is 2.49. The lowest BCUT2D eigenvalue weighted by Gasteiger charge is -2.20. The molecule has 0 spiro atoms. The fraction of sp³-hybridized carbons (Fsp3) is 0.625. The molecule has 0 N–H and O–H groups in total. The van der Waals surface area contributed by atoms with Crippen molar-refractivity contribution in [1.82, 2.24) is 4.90 Å². The maximum absolute atomic E-state index is 2.59. The highest BCUT2D eigenvalue weighted by atomic mass is 15.1. The fourth-order valence-electron chi connectivity index (χ4n) is 2.49.